The minimum Gasteiger partial charge on any atom is -0.354 e. The number of hydrogen-bond acceptors (Lipinski definition) is 5. The maximum atomic E-state index is 13.1. The molecule has 1 unspecified atom stereocenters. The monoisotopic (exact) mass is 406 g/mol. The van der Waals surface area contributed by atoms with E-state index in [1.54, 1.807) is 19.1 Å². The zero-order valence-electron chi connectivity index (χ0n) is 17.4. The molecule has 0 aliphatic rings. The summed E-state index contributed by atoms with van der Waals surface area (Å²) in [4.78, 5) is 25.0. The molecule has 0 radical (unpaired) electrons. The molecular formula is C22H26N6O2. The predicted molar refractivity (Wildman–Crippen MR) is 114 cm³/mol. The SMILES string of the molecule is Cc1nnnn1C(Cc1ccccc1)C(=O)Nc1ccc(CC(=O)NC(C)C)cc1. The molecule has 0 aliphatic heterocycles. The van der Waals surface area contributed by atoms with Gasteiger partial charge in [-0.05, 0) is 54.5 Å². The van der Waals surface area contributed by atoms with Crippen LogP contribution in [0.4, 0.5) is 5.69 Å². The quantitative estimate of drug-likeness (QED) is 0.598. The second kappa shape index (κ2) is 9.78. The third-order valence-corrected chi connectivity index (χ3v) is 4.56. The molecule has 0 bridgehead atoms. The Hall–Kier alpha value is -3.55. The van der Waals surface area contributed by atoms with E-state index in [9.17, 15) is 9.59 Å². The number of carbonyl (C=O) groups is 2. The maximum Gasteiger partial charge on any atom is 0.249 e. The van der Waals surface area contributed by atoms with Gasteiger partial charge in [0.05, 0.1) is 6.42 Å². The Labute approximate surface area is 175 Å². The van der Waals surface area contributed by atoms with Crippen molar-refractivity contribution in [3.8, 4) is 0 Å². The van der Waals surface area contributed by atoms with Crippen molar-refractivity contribution in [1.82, 2.24) is 25.5 Å². The van der Waals surface area contributed by atoms with Gasteiger partial charge in [-0.1, -0.05) is 42.5 Å². The van der Waals surface area contributed by atoms with Crippen molar-refractivity contribution in [1.29, 1.82) is 0 Å². The lowest BCUT2D eigenvalue weighted by atomic mass is 10.0. The molecule has 1 aromatic heterocycles. The van der Waals surface area contributed by atoms with E-state index in [1.165, 1.54) is 4.68 Å². The Morgan fingerprint density at radius 3 is 2.30 bits per heavy atom. The van der Waals surface area contributed by atoms with Crippen molar-refractivity contribution in [2.45, 2.75) is 45.7 Å². The first-order chi connectivity index (χ1) is 14.4. The van der Waals surface area contributed by atoms with E-state index in [0.717, 1.165) is 11.1 Å². The van der Waals surface area contributed by atoms with Gasteiger partial charge in [0.15, 0.2) is 0 Å². The van der Waals surface area contributed by atoms with Crippen LogP contribution in [0.15, 0.2) is 54.6 Å². The van der Waals surface area contributed by atoms with Crippen molar-refractivity contribution in [2.75, 3.05) is 5.32 Å². The molecule has 1 heterocycles. The number of aromatic nitrogens is 4. The van der Waals surface area contributed by atoms with E-state index >= 15 is 0 Å². The number of nitrogens with one attached hydrogen (secondary N) is 2. The van der Waals surface area contributed by atoms with Crippen molar-refractivity contribution < 1.29 is 9.59 Å². The molecule has 2 amide bonds. The summed E-state index contributed by atoms with van der Waals surface area (Å²) in [6, 6.07) is 16.5. The van der Waals surface area contributed by atoms with E-state index in [-0.39, 0.29) is 17.9 Å². The lowest BCUT2D eigenvalue weighted by molar-refractivity contribution is -0.121. The number of rotatable bonds is 8. The molecule has 3 aromatic rings. The van der Waals surface area contributed by atoms with Crippen LogP contribution < -0.4 is 10.6 Å². The van der Waals surface area contributed by atoms with Crippen LogP contribution in [0.25, 0.3) is 0 Å². The van der Waals surface area contributed by atoms with Gasteiger partial charge in [0.2, 0.25) is 11.8 Å². The van der Waals surface area contributed by atoms with Gasteiger partial charge < -0.3 is 10.6 Å². The van der Waals surface area contributed by atoms with E-state index in [2.05, 4.69) is 26.2 Å². The molecule has 30 heavy (non-hydrogen) atoms. The number of carbonyl (C=O) groups excluding carboxylic acids is 2. The molecule has 0 fully saturated rings. The minimum absolute atomic E-state index is 0.0288. The minimum atomic E-state index is -0.584. The van der Waals surface area contributed by atoms with Crippen LogP contribution in [0, 0.1) is 6.92 Å². The summed E-state index contributed by atoms with van der Waals surface area (Å²) in [6.07, 6.45) is 0.763. The summed E-state index contributed by atoms with van der Waals surface area (Å²) in [5.74, 6) is 0.330. The van der Waals surface area contributed by atoms with Crippen LogP contribution in [0.3, 0.4) is 0 Å². The Morgan fingerprint density at radius 1 is 1.00 bits per heavy atom. The number of amides is 2. The van der Waals surface area contributed by atoms with Gasteiger partial charge in [-0.2, -0.15) is 0 Å². The van der Waals surface area contributed by atoms with Crippen LogP contribution in [0.5, 0.6) is 0 Å². The van der Waals surface area contributed by atoms with Gasteiger partial charge in [0, 0.05) is 18.2 Å². The highest BCUT2D eigenvalue weighted by molar-refractivity contribution is 5.94. The molecule has 156 valence electrons. The second-order valence-corrected chi connectivity index (χ2v) is 7.46. The smallest absolute Gasteiger partial charge is 0.249 e. The standard InChI is InChI=1S/C22H26N6O2/c1-15(2)23-21(29)14-18-9-11-19(12-10-18)24-22(30)20(28-16(3)25-26-27-28)13-17-7-5-4-6-8-17/h4-12,15,20H,13-14H2,1-3H3,(H,23,29)(H,24,30). The highest BCUT2D eigenvalue weighted by atomic mass is 16.2. The average Bonchev–Trinajstić information content (AvgIpc) is 3.13. The fourth-order valence-electron chi connectivity index (χ4n) is 3.14. The topological polar surface area (TPSA) is 102 Å². The number of hydrogen-bond donors (Lipinski definition) is 2. The first kappa shape index (κ1) is 21.2. The summed E-state index contributed by atoms with van der Waals surface area (Å²) in [6.45, 7) is 5.62. The second-order valence-electron chi connectivity index (χ2n) is 7.46. The van der Waals surface area contributed by atoms with Crippen LogP contribution in [-0.4, -0.2) is 38.1 Å². The summed E-state index contributed by atoms with van der Waals surface area (Å²) < 4.78 is 1.53. The van der Waals surface area contributed by atoms with Gasteiger partial charge in [-0.15, -0.1) is 5.10 Å². The van der Waals surface area contributed by atoms with Gasteiger partial charge in [-0.25, -0.2) is 4.68 Å². The molecule has 2 aromatic carbocycles. The first-order valence-corrected chi connectivity index (χ1v) is 9.90. The van der Waals surface area contributed by atoms with E-state index in [4.69, 9.17) is 0 Å². The van der Waals surface area contributed by atoms with Gasteiger partial charge >= 0.3 is 0 Å². The third-order valence-electron chi connectivity index (χ3n) is 4.56. The fourth-order valence-corrected chi connectivity index (χ4v) is 3.14. The average molecular weight is 406 g/mol. The summed E-state index contributed by atoms with van der Waals surface area (Å²) in [5.41, 5.74) is 2.54. The molecule has 3 rings (SSSR count). The van der Waals surface area contributed by atoms with E-state index in [1.807, 2.05) is 56.3 Å². The Kier molecular flexibility index (Phi) is 6.90. The summed E-state index contributed by atoms with van der Waals surface area (Å²) in [5, 5.41) is 17.4. The number of tetrazole rings is 1. The van der Waals surface area contributed by atoms with Crippen molar-refractivity contribution in [3.05, 3.63) is 71.5 Å². The lowest BCUT2D eigenvalue weighted by Gasteiger charge is -2.18. The van der Waals surface area contributed by atoms with Gasteiger partial charge in [-0.3, -0.25) is 9.59 Å². The molecule has 1 atom stereocenters. The first-order valence-electron chi connectivity index (χ1n) is 9.90. The Morgan fingerprint density at radius 2 is 1.70 bits per heavy atom. The fraction of sp³-hybridized carbons (Fsp3) is 0.318. The third kappa shape index (κ3) is 5.73. The molecule has 0 saturated heterocycles. The van der Waals surface area contributed by atoms with E-state index < -0.39 is 6.04 Å². The van der Waals surface area contributed by atoms with Crippen LogP contribution in [0.1, 0.15) is 36.8 Å². The van der Waals surface area contributed by atoms with Gasteiger partial charge in [0.25, 0.3) is 0 Å². The molecule has 8 nitrogen and oxygen atoms in total. The van der Waals surface area contributed by atoms with E-state index in [0.29, 0.717) is 24.4 Å². The number of aryl methyl sites for hydroxylation is 1. The molecule has 0 saturated carbocycles. The predicted octanol–water partition coefficient (Wildman–Crippen LogP) is 2.47. The highest BCUT2D eigenvalue weighted by Crippen LogP contribution is 2.18. The van der Waals surface area contributed by atoms with Crippen LogP contribution in [-0.2, 0) is 22.4 Å². The molecule has 2 N–H and O–H groups in total. The van der Waals surface area contributed by atoms with Crippen molar-refractivity contribution >= 4 is 17.5 Å². The van der Waals surface area contributed by atoms with Crippen molar-refractivity contribution in [3.63, 3.8) is 0 Å². The summed E-state index contributed by atoms with van der Waals surface area (Å²) >= 11 is 0. The van der Waals surface area contributed by atoms with Crippen molar-refractivity contribution in [2.24, 2.45) is 0 Å². The molecular weight excluding hydrogens is 380 g/mol. The molecule has 0 aliphatic carbocycles. The van der Waals surface area contributed by atoms with Gasteiger partial charge in [0.1, 0.15) is 11.9 Å². The molecule has 8 heteroatoms. The normalized spacial score (nSPS) is 11.9. The number of benzene rings is 2. The highest BCUT2D eigenvalue weighted by Gasteiger charge is 2.24. The zero-order chi connectivity index (χ0) is 21.5. The lowest BCUT2D eigenvalue weighted by Crippen LogP contribution is -2.31. The largest absolute Gasteiger partial charge is 0.354 e. The van der Waals surface area contributed by atoms with Crippen LogP contribution >= 0.6 is 0 Å². The maximum absolute atomic E-state index is 13.1. The Balaban J connectivity index is 1.71. The summed E-state index contributed by atoms with van der Waals surface area (Å²) in [7, 11) is 0. The number of nitrogens with zero attached hydrogens (tertiary/aromatic N) is 4. The number of anilines is 1. The van der Waals surface area contributed by atoms with Crippen LogP contribution in [0.2, 0.25) is 0 Å². The Bertz CT molecular complexity index is 982. The zero-order valence-corrected chi connectivity index (χ0v) is 17.4. The molecule has 0 spiro atoms.